The van der Waals surface area contributed by atoms with Gasteiger partial charge in [0.1, 0.15) is 16.7 Å². The molecule has 0 radical (unpaired) electrons. The minimum Gasteiger partial charge on any atom is -0.364 e. The maximum absolute atomic E-state index is 4.03. The number of hydrogen-bond donors (Lipinski definition) is 1. The summed E-state index contributed by atoms with van der Waals surface area (Å²) in [5, 5.41) is 3.13. The van der Waals surface area contributed by atoms with Gasteiger partial charge in [-0.15, -0.1) is 6.58 Å². The van der Waals surface area contributed by atoms with Gasteiger partial charge in [0.25, 0.3) is 0 Å². The molecule has 0 amide bonds. The van der Waals surface area contributed by atoms with Crippen molar-refractivity contribution >= 4 is 21.7 Å². The first-order valence-corrected chi connectivity index (χ1v) is 4.38. The monoisotopic (exact) mass is 227 g/mol. The number of halogens is 1. The molecule has 1 heterocycles. The topological polar surface area (TPSA) is 37.8 Å². The zero-order valence-corrected chi connectivity index (χ0v) is 8.37. The number of anilines is 1. The van der Waals surface area contributed by atoms with Crippen molar-refractivity contribution in [3.63, 3.8) is 0 Å². The van der Waals surface area contributed by atoms with E-state index in [4.69, 9.17) is 0 Å². The van der Waals surface area contributed by atoms with Gasteiger partial charge in [0.2, 0.25) is 0 Å². The Morgan fingerprint density at radius 1 is 1.67 bits per heavy atom. The summed E-state index contributed by atoms with van der Waals surface area (Å²) in [5.41, 5.74) is 0. The first-order chi connectivity index (χ1) is 5.72. The molecular formula is C8H10BrN3. The van der Waals surface area contributed by atoms with Crippen LogP contribution in [0.15, 0.2) is 29.7 Å². The molecule has 4 heteroatoms. The SMILES string of the molecule is C=CC(C)Nc1cc(Br)ncn1. The van der Waals surface area contributed by atoms with Crippen LogP contribution in [0.3, 0.4) is 0 Å². The van der Waals surface area contributed by atoms with E-state index in [-0.39, 0.29) is 6.04 Å². The first kappa shape index (κ1) is 9.19. The molecule has 0 saturated carbocycles. The molecule has 1 atom stereocenters. The predicted molar refractivity (Wildman–Crippen MR) is 53.0 cm³/mol. The molecule has 0 bridgehead atoms. The van der Waals surface area contributed by atoms with Crippen molar-refractivity contribution in [2.45, 2.75) is 13.0 Å². The Kier molecular flexibility index (Phi) is 3.22. The van der Waals surface area contributed by atoms with Crippen LogP contribution in [0.1, 0.15) is 6.92 Å². The zero-order valence-electron chi connectivity index (χ0n) is 6.79. The molecule has 1 unspecified atom stereocenters. The minimum absolute atomic E-state index is 0.215. The third kappa shape index (κ3) is 2.62. The van der Waals surface area contributed by atoms with E-state index < -0.39 is 0 Å². The molecule has 1 aromatic heterocycles. The van der Waals surface area contributed by atoms with E-state index in [9.17, 15) is 0 Å². The molecule has 64 valence electrons. The maximum atomic E-state index is 4.03. The predicted octanol–water partition coefficient (Wildman–Crippen LogP) is 2.23. The van der Waals surface area contributed by atoms with Crippen molar-refractivity contribution in [2.75, 3.05) is 5.32 Å². The lowest BCUT2D eigenvalue weighted by Gasteiger charge is -2.08. The van der Waals surface area contributed by atoms with Crippen LogP contribution in [0.4, 0.5) is 5.82 Å². The average Bonchev–Trinajstić information content (AvgIpc) is 2.04. The van der Waals surface area contributed by atoms with Gasteiger partial charge in [0.05, 0.1) is 0 Å². The van der Waals surface area contributed by atoms with Crippen molar-refractivity contribution in [1.82, 2.24) is 9.97 Å². The largest absolute Gasteiger partial charge is 0.364 e. The first-order valence-electron chi connectivity index (χ1n) is 3.59. The molecule has 0 spiro atoms. The fourth-order valence-electron chi connectivity index (χ4n) is 0.705. The lowest BCUT2D eigenvalue weighted by atomic mass is 10.3. The van der Waals surface area contributed by atoms with E-state index >= 15 is 0 Å². The zero-order chi connectivity index (χ0) is 8.97. The summed E-state index contributed by atoms with van der Waals surface area (Å²) in [6.07, 6.45) is 3.32. The van der Waals surface area contributed by atoms with Crippen molar-refractivity contribution < 1.29 is 0 Å². The molecule has 0 fully saturated rings. The Bertz CT molecular complexity index is 275. The molecule has 0 aromatic carbocycles. The standard InChI is InChI=1S/C8H10BrN3/c1-3-6(2)12-8-4-7(9)10-5-11-8/h3-6H,1H2,2H3,(H,10,11,12). The molecule has 0 saturated heterocycles. The van der Waals surface area contributed by atoms with Crippen molar-refractivity contribution in [2.24, 2.45) is 0 Å². The second kappa shape index (κ2) is 4.21. The second-order valence-electron chi connectivity index (χ2n) is 2.39. The normalized spacial score (nSPS) is 12.2. The fraction of sp³-hybridized carbons (Fsp3) is 0.250. The summed E-state index contributed by atoms with van der Waals surface area (Å²) in [6, 6.07) is 2.03. The third-order valence-corrected chi connectivity index (χ3v) is 1.80. The van der Waals surface area contributed by atoms with Gasteiger partial charge in [-0.05, 0) is 22.9 Å². The molecule has 1 aromatic rings. The highest BCUT2D eigenvalue weighted by atomic mass is 79.9. The highest BCUT2D eigenvalue weighted by Gasteiger charge is 1.97. The molecule has 0 aliphatic heterocycles. The smallest absolute Gasteiger partial charge is 0.130 e. The van der Waals surface area contributed by atoms with Crippen LogP contribution in [-0.4, -0.2) is 16.0 Å². The van der Waals surface area contributed by atoms with Crippen LogP contribution >= 0.6 is 15.9 Å². The van der Waals surface area contributed by atoms with Crippen LogP contribution < -0.4 is 5.32 Å². The van der Waals surface area contributed by atoms with Crippen molar-refractivity contribution in [3.05, 3.63) is 29.7 Å². The van der Waals surface area contributed by atoms with Gasteiger partial charge in [-0.2, -0.15) is 0 Å². The van der Waals surface area contributed by atoms with Gasteiger partial charge >= 0.3 is 0 Å². The van der Waals surface area contributed by atoms with E-state index in [1.807, 2.05) is 19.1 Å². The van der Waals surface area contributed by atoms with Crippen LogP contribution in [-0.2, 0) is 0 Å². The Labute approximate surface area is 80.1 Å². The average molecular weight is 228 g/mol. The van der Waals surface area contributed by atoms with Gasteiger partial charge in [-0.25, -0.2) is 9.97 Å². The Balaban J connectivity index is 2.69. The van der Waals surface area contributed by atoms with E-state index in [1.165, 1.54) is 6.33 Å². The Morgan fingerprint density at radius 2 is 2.42 bits per heavy atom. The molecule has 0 aliphatic carbocycles. The maximum Gasteiger partial charge on any atom is 0.130 e. The second-order valence-corrected chi connectivity index (χ2v) is 3.21. The summed E-state index contributed by atoms with van der Waals surface area (Å²) in [5.74, 6) is 0.796. The van der Waals surface area contributed by atoms with Crippen LogP contribution in [0.2, 0.25) is 0 Å². The molecule has 0 aliphatic rings. The number of nitrogens with zero attached hydrogens (tertiary/aromatic N) is 2. The minimum atomic E-state index is 0.215. The van der Waals surface area contributed by atoms with Crippen LogP contribution in [0.25, 0.3) is 0 Å². The number of aromatic nitrogens is 2. The molecule has 3 nitrogen and oxygen atoms in total. The van der Waals surface area contributed by atoms with Gasteiger partial charge in [-0.3, -0.25) is 0 Å². The Hall–Kier alpha value is -0.900. The van der Waals surface area contributed by atoms with Gasteiger partial charge in [0.15, 0.2) is 0 Å². The summed E-state index contributed by atoms with van der Waals surface area (Å²) < 4.78 is 0.774. The Morgan fingerprint density at radius 3 is 3.00 bits per heavy atom. The summed E-state index contributed by atoms with van der Waals surface area (Å²) in [7, 11) is 0. The van der Waals surface area contributed by atoms with Crippen LogP contribution in [0, 0.1) is 0 Å². The lowest BCUT2D eigenvalue weighted by molar-refractivity contribution is 0.973. The van der Waals surface area contributed by atoms with E-state index in [0.717, 1.165) is 10.4 Å². The lowest BCUT2D eigenvalue weighted by Crippen LogP contribution is -2.12. The van der Waals surface area contributed by atoms with Gasteiger partial charge in [0, 0.05) is 12.1 Å². The van der Waals surface area contributed by atoms with E-state index in [0.29, 0.717) is 0 Å². The summed E-state index contributed by atoms with van der Waals surface area (Å²) >= 11 is 3.26. The highest BCUT2D eigenvalue weighted by Crippen LogP contribution is 2.10. The molecule has 1 rings (SSSR count). The van der Waals surface area contributed by atoms with Crippen LogP contribution in [0.5, 0.6) is 0 Å². The molecular weight excluding hydrogens is 218 g/mol. The van der Waals surface area contributed by atoms with Crippen molar-refractivity contribution in [1.29, 1.82) is 0 Å². The summed E-state index contributed by atoms with van der Waals surface area (Å²) in [6.45, 7) is 5.66. The molecule has 12 heavy (non-hydrogen) atoms. The van der Waals surface area contributed by atoms with Gasteiger partial charge < -0.3 is 5.32 Å². The molecule has 1 N–H and O–H groups in total. The van der Waals surface area contributed by atoms with E-state index in [1.54, 1.807) is 0 Å². The fourth-order valence-corrected chi connectivity index (χ4v) is 1.01. The number of rotatable bonds is 3. The van der Waals surface area contributed by atoms with Crippen molar-refractivity contribution in [3.8, 4) is 0 Å². The third-order valence-electron chi connectivity index (χ3n) is 1.36. The number of hydrogen-bond acceptors (Lipinski definition) is 3. The quantitative estimate of drug-likeness (QED) is 0.636. The highest BCUT2D eigenvalue weighted by molar-refractivity contribution is 9.10. The number of nitrogens with one attached hydrogen (secondary N) is 1. The van der Waals surface area contributed by atoms with E-state index in [2.05, 4.69) is 37.8 Å². The van der Waals surface area contributed by atoms with Gasteiger partial charge in [-0.1, -0.05) is 6.08 Å². The summed E-state index contributed by atoms with van der Waals surface area (Å²) in [4.78, 5) is 7.94.